The Morgan fingerprint density at radius 3 is 2.63 bits per heavy atom. The van der Waals surface area contributed by atoms with Crippen molar-refractivity contribution >= 4 is 18.9 Å². The molecule has 2 aromatic rings. The third-order valence-corrected chi connectivity index (χ3v) is 4.59. The Hall–Kier alpha value is -2.52. The Labute approximate surface area is 156 Å². The van der Waals surface area contributed by atoms with Crippen LogP contribution in [0.25, 0.3) is 11.5 Å². The fourth-order valence-corrected chi connectivity index (χ4v) is 3.16. The number of carbonyl (C=O) groups excluding carboxylic acids is 1. The fourth-order valence-electron chi connectivity index (χ4n) is 3.16. The van der Waals surface area contributed by atoms with Gasteiger partial charge >= 0.3 is 13.1 Å². The number of benzene rings is 1. The molecule has 8 nitrogen and oxygen atoms in total. The van der Waals surface area contributed by atoms with Gasteiger partial charge in [0.2, 0.25) is 11.8 Å². The fraction of sp³-hybridized carbons (Fsp3) is 0.444. The molecule has 1 aromatic heterocycles. The van der Waals surface area contributed by atoms with E-state index < -0.39 is 19.2 Å². The molecule has 0 amide bonds. The van der Waals surface area contributed by atoms with Gasteiger partial charge in [0.25, 0.3) is 0 Å². The summed E-state index contributed by atoms with van der Waals surface area (Å²) in [7, 11) is -1.11. The maximum atomic E-state index is 12.2. The number of hydrogen-bond acceptors (Lipinski definition) is 7. The van der Waals surface area contributed by atoms with E-state index in [1.165, 1.54) is 0 Å². The smallest absolute Gasteiger partial charge is 0.458 e. The standard InChI is InChI=1S/C18H21BN2O6/c22-14(10-13-6-8-15(11-17(23)24)27-19(13)25)7-9-16-20-21-18(26-16)12-4-2-1-3-5-12/h1-5,13,15,25H,6-11H2,(H,23,24)/t13-,15+/m1/s1. The second kappa shape index (κ2) is 8.92. The molecule has 0 spiro atoms. The first-order chi connectivity index (χ1) is 13.0. The summed E-state index contributed by atoms with van der Waals surface area (Å²) in [6, 6.07) is 9.38. The van der Waals surface area contributed by atoms with Gasteiger partial charge in [-0.15, -0.1) is 10.2 Å². The van der Waals surface area contributed by atoms with E-state index in [1.54, 1.807) is 0 Å². The third-order valence-electron chi connectivity index (χ3n) is 4.59. The first-order valence-corrected chi connectivity index (χ1v) is 8.96. The zero-order chi connectivity index (χ0) is 19.2. The van der Waals surface area contributed by atoms with Gasteiger partial charge in [-0.1, -0.05) is 18.2 Å². The van der Waals surface area contributed by atoms with Gasteiger partial charge in [-0.2, -0.15) is 0 Å². The molecule has 0 aliphatic carbocycles. The number of rotatable bonds is 8. The van der Waals surface area contributed by atoms with E-state index in [-0.39, 0.29) is 30.9 Å². The highest BCUT2D eigenvalue weighted by Gasteiger charge is 2.36. The normalized spacial score (nSPS) is 19.8. The van der Waals surface area contributed by atoms with Crippen LogP contribution in [0.15, 0.2) is 34.7 Å². The second-order valence-corrected chi connectivity index (χ2v) is 6.69. The lowest BCUT2D eigenvalue weighted by atomic mass is 9.64. The summed E-state index contributed by atoms with van der Waals surface area (Å²) in [5.74, 6) is -0.497. The largest absolute Gasteiger partial charge is 0.481 e. The van der Waals surface area contributed by atoms with Crippen LogP contribution in [0, 0.1) is 0 Å². The van der Waals surface area contributed by atoms with Crippen molar-refractivity contribution in [2.75, 3.05) is 0 Å². The minimum atomic E-state index is -1.11. The maximum Gasteiger partial charge on any atom is 0.458 e. The van der Waals surface area contributed by atoms with E-state index >= 15 is 0 Å². The number of hydrogen-bond donors (Lipinski definition) is 2. The summed E-state index contributed by atoms with van der Waals surface area (Å²) in [5, 5.41) is 26.7. The number of carboxylic acids is 1. The second-order valence-electron chi connectivity index (χ2n) is 6.69. The van der Waals surface area contributed by atoms with Gasteiger partial charge in [0.15, 0.2) is 0 Å². The number of ketones is 1. The Morgan fingerprint density at radius 1 is 1.15 bits per heavy atom. The Kier molecular flexibility index (Phi) is 6.36. The Bertz CT molecular complexity index is 781. The molecule has 142 valence electrons. The molecule has 27 heavy (non-hydrogen) atoms. The van der Waals surface area contributed by atoms with Crippen molar-refractivity contribution in [1.82, 2.24) is 10.2 Å². The topological polar surface area (TPSA) is 123 Å². The van der Waals surface area contributed by atoms with E-state index in [9.17, 15) is 14.6 Å². The minimum absolute atomic E-state index is 0.0289. The summed E-state index contributed by atoms with van der Waals surface area (Å²) in [4.78, 5) is 22.9. The molecule has 2 N–H and O–H groups in total. The van der Waals surface area contributed by atoms with E-state index in [1.807, 2.05) is 30.3 Å². The molecule has 9 heteroatoms. The molecule has 1 fully saturated rings. The van der Waals surface area contributed by atoms with Crippen LogP contribution >= 0.6 is 0 Å². The van der Waals surface area contributed by atoms with Gasteiger partial charge in [-0.05, 0) is 25.0 Å². The monoisotopic (exact) mass is 372 g/mol. The zero-order valence-corrected chi connectivity index (χ0v) is 14.8. The average Bonchev–Trinajstić information content (AvgIpc) is 3.12. The maximum absolute atomic E-state index is 12.2. The molecule has 1 saturated heterocycles. The molecule has 0 unspecified atom stereocenters. The molecule has 2 atom stereocenters. The van der Waals surface area contributed by atoms with E-state index in [4.69, 9.17) is 14.2 Å². The summed E-state index contributed by atoms with van der Waals surface area (Å²) >= 11 is 0. The van der Waals surface area contributed by atoms with Crippen LogP contribution in [0.5, 0.6) is 0 Å². The molecule has 2 heterocycles. The van der Waals surface area contributed by atoms with Gasteiger partial charge in [0.1, 0.15) is 5.78 Å². The summed E-state index contributed by atoms with van der Waals surface area (Å²) in [5.41, 5.74) is 0.820. The first kappa shape index (κ1) is 19.3. The predicted molar refractivity (Wildman–Crippen MR) is 95.8 cm³/mol. The third kappa shape index (κ3) is 5.48. The van der Waals surface area contributed by atoms with Gasteiger partial charge in [0, 0.05) is 30.6 Å². The number of aliphatic carboxylic acids is 1. The van der Waals surface area contributed by atoms with Crippen molar-refractivity contribution in [3.8, 4) is 11.5 Å². The number of nitrogens with zero attached hydrogens (tertiary/aromatic N) is 2. The summed E-state index contributed by atoms with van der Waals surface area (Å²) < 4.78 is 10.9. The van der Waals surface area contributed by atoms with Crippen LogP contribution in [0.3, 0.4) is 0 Å². The number of Topliss-reactive ketones (excluding diaryl/α,β-unsaturated/α-hetero) is 1. The van der Waals surface area contributed by atoms with Crippen LogP contribution < -0.4 is 0 Å². The van der Waals surface area contributed by atoms with Crippen LogP contribution in [-0.2, 0) is 20.7 Å². The van der Waals surface area contributed by atoms with Gasteiger partial charge in [-0.25, -0.2) is 0 Å². The van der Waals surface area contributed by atoms with Crippen molar-refractivity contribution in [3.63, 3.8) is 0 Å². The lowest BCUT2D eigenvalue weighted by molar-refractivity contribution is -0.139. The van der Waals surface area contributed by atoms with E-state index in [2.05, 4.69) is 10.2 Å². The van der Waals surface area contributed by atoms with Gasteiger partial charge in [0.05, 0.1) is 12.5 Å². The first-order valence-electron chi connectivity index (χ1n) is 8.96. The average molecular weight is 372 g/mol. The van der Waals surface area contributed by atoms with Crippen molar-refractivity contribution in [2.24, 2.45) is 0 Å². The zero-order valence-electron chi connectivity index (χ0n) is 14.8. The van der Waals surface area contributed by atoms with Crippen LogP contribution in [0.4, 0.5) is 0 Å². The number of aryl methyl sites for hydroxylation is 1. The highest BCUT2D eigenvalue weighted by atomic mass is 16.5. The Morgan fingerprint density at radius 2 is 1.93 bits per heavy atom. The molecule has 3 rings (SSSR count). The quantitative estimate of drug-likeness (QED) is 0.676. The number of carbonyl (C=O) groups is 2. The van der Waals surface area contributed by atoms with Crippen molar-refractivity contribution < 1.29 is 28.8 Å². The lowest BCUT2D eigenvalue weighted by Gasteiger charge is -2.30. The minimum Gasteiger partial charge on any atom is -0.481 e. The Balaban J connectivity index is 1.45. The number of carboxylic acid groups (broad SMARTS) is 1. The predicted octanol–water partition coefficient (Wildman–Crippen LogP) is 2.13. The van der Waals surface area contributed by atoms with Crippen LogP contribution in [0.2, 0.25) is 5.82 Å². The highest BCUT2D eigenvalue weighted by molar-refractivity contribution is 6.45. The molecule has 0 saturated carbocycles. The van der Waals surface area contributed by atoms with Crippen LogP contribution in [-0.4, -0.2) is 45.3 Å². The van der Waals surface area contributed by atoms with E-state index in [0.29, 0.717) is 31.0 Å². The lowest BCUT2D eigenvalue weighted by Crippen LogP contribution is -2.38. The van der Waals surface area contributed by atoms with Crippen molar-refractivity contribution in [3.05, 3.63) is 36.2 Å². The molecule has 1 aromatic carbocycles. The molecule has 0 radical (unpaired) electrons. The van der Waals surface area contributed by atoms with Crippen molar-refractivity contribution in [2.45, 2.75) is 50.4 Å². The van der Waals surface area contributed by atoms with Crippen molar-refractivity contribution in [1.29, 1.82) is 0 Å². The SMILES string of the molecule is O=C(O)C[C@@H]1CC[C@H](CC(=O)CCc2nnc(-c3ccccc3)o2)B(O)O1. The summed E-state index contributed by atoms with van der Waals surface area (Å²) in [6.45, 7) is 0. The summed E-state index contributed by atoms with van der Waals surface area (Å²) in [6.07, 6.45) is 1.19. The van der Waals surface area contributed by atoms with E-state index in [0.717, 1.165) is 5.56 Å². The van der Waals surface area contributed by atoms with Gasteiger partial charge in [-0.3, -0.25) is 9.59 Å². The molecular weight excluding hydrogens is 351 g/mol. The van der Waals surface area contributed by atoms with Gasteiger partial charge < -0.3 is 19.2 Å². The highest BCUT2D eigenvalue weighted by Crippen LogP contribution is 2.31. The number of aromatic nitrogens is 2. The molecular formula is C18H21BN2O6. The molecule has 0 bridgehead atoms. The van der Waals surface area contributed by atoms with Crippen LogP contribution in [0.1, 0.15) is 38.0 Å². The molecule has 1 aliphatic rings. The molecule has 1 aliphatic heterocycles.